The summed E-state index contributed by atoms with van der Waals surface area (Å²) in [5, 5.41) is 12.7. The number of carboxylic acids is 1. The molecule has 3 rings (SSSR count). The van der Waals surface area contributed by atoms with E-state index in [1.807, 2.05) is 0 Å². The number of carbonyl (C=O) groups excluding carboxylic acids is 1. The summed E-state index contributed by atoms with van der Waals surface area (Å²) in [4.78, 5) is 36.2. The third-order valence-corrected chi connectivity index (χ3v) is 5.06. The Balaban J connectivity index is 1.45. The van der Waals surface area contributed by atoms with Crippen molar-refractivity contribution < 1.29 is 14.7 Å². The number of aromatic nitrogens is 3. The SMILES string of the molecule is O=C(O)c1cnc(C(=O)NCCCc2nc3c(s2)CCCC3)cn1. The Kier molecular flexibility index (Phi) is 5.14. The molecule has 8 heteroatoms. The highest BCUT2D eigenvalue weighted by Crippen LogP contribution is 2.27. The maximum Gasteiger partial charge on any atom is 0.356 e. The minimum atomic E-state index is -1.17. The highest BCUT2D eigenvalue weighted by Gasteiger charge is 2.15. The molecule has 2 aromatic rings. The topological polar surface area (TPSA) is 105 Å². The third-order valence-electron chi connectivity index (χ3n) is 3.85. The first-order valence-corrected chi connectivity index (χ1v) is 8.76. The van der Waals surface area contributed by atoms with Gasteiger partial charge in [-0.15, -0.1) is 11.3 Å². The molecule has 1 aliphatic carbocycles. The van der Waals surface area contributed by atoms with Crippen LogP contribution < -0.4 is 5.32 Å². The van der Waals surface area contributed by atoms with E-state index >= 15 is 0 Å². The fourth-order valence-electron chi connectivity index (χ4n) is 2.60. The first-order valence-electron chi connectivity index (χ1n) is 7.94. The van der Waals surface area contributed by atoms with Crippen LogP contribution >= 0.6 is 11.3 Å². The van der Waals surface area contributed by atoms with Crippen LogP contribution in [0, 0.1) is 0 Å². The molecule has 126 valence electrons. The van der Waals surface area contributed by atoms with E-state index in [0.717, 1.165) is 36.9 Å². The molecule has 0 bridgehead atoms. The lowest BCUT2D eigenvalue weighted by Crippen LogP contribution is -2.26. The molecule has 0 saturated carbocycles. The van der Waals surface area contributed by atoms with E-state index in [4.69, 9.17) is 5.11 Å². The van der Waals surface area contributed by atoms with Crippen molar-refractivity contribution in [2.75, 3.05) is 6.54 Å². The van der Waals surface area contributed by atoms with Crippen molar-refractivity contribution in [1.29, 1.82) is 0 Å². The van der Waals surface area contributed by atoms with Crippen LogP contribution in [0.4, 0.5) is 0 Å². The summed E-state index contributed by atoms with van der Waals surface area (Å²) in [5.74, 6) is -1.52. The summed E-state index contributed by atoms with van der Waals surface area (Å²) in [7, 11) is 0. The zero-order chi connectivity index (χ0) is 16.9. The Bertz CT molecular complexity index is 719. The van der Waals surface area contributed by atoms with Gasteiger partial charge in [-0.25, -0.2) is 19.7 Å². The van der Waals surface area contributed by atoms with E-state index < -0.39 is 5.97 Å². The van der Waals surface area contributed by atoms with Gasteiger partial charge in [-0.2, -0.15) is 0 Å². The van der Waals surface area contributed by atoms with Gasteiger partial charge in [-0.1, -0.05) is 0 Å². The zero-order valence-corrected chi connectivity index (χ0v) is 13.9. The normalized spacial score (nSPS) is 13.3. The number of nitrogens with zero attached hydrogens (tertiary/aromatic N) is 3. The van der Waals surface area contributed by atoms with Crippen molar-refractivity contribution in [3.05, 3.63) is 39.4 Å². The number of rotatable bonds is 6. The molecule has 0 radical (unpaired) electrons. The number of fused-ring (bicyclic) bond motifs is 1. The lowest BCUT2D eigenvalue weighted by molar-refractivity contribution is 0.0689. The van der Waals surface area contributed by atoms with E-state index in [1.165, 1.54) is 29.6 Å². The van der Waals surface area contributed by atoms with Crippen molar-refractivity contribution >= 4 is 23.2 Å². The minimum Gasteiger partial charge on any atom is -0.476 e. The van der Waals surface area contributed by atoms with Crippen LogP contribution in [0.1, 0.15) is 55.8 Å². The molecule has 0 aliphatic heterocycles. The molecule has 2 heterocycles. The van der Waals surface area contributed by atoms with Crippen LogP contribution in [0.25, 0.3) is 0 Å². The molecule has 0 spiro atoms. The van der Waals surface area contributed by atoms with Gasteiger partial charge in [-0.05, 0) is 32.1 Å². The summed E-state index contributed by atoms with van der Waals surface area (Å²) < 4.78 is 0. The highest BCUT2D eigenvalue weighted by atomic mass is 32.1. The Morgan fingerprint density at radius 1 is 1.17 bits per heavy atom. The predicted molar refractivity (Wildman–Crippen MR) is 88.4 cm³/mol. The second-order valence-electron chi connectivity index (χ2n) is 5.64. The van der Waals surface area contributed by atoms with Crippen LogP contribution in [0.5, 0.6) is 0 Å². The largest absolute Gasteiger partial charge is 0.476 e. The number of amides is 1. The van der Waals surface area contributed by atoms with Gasteiger partial charge >= 0.3 is 5.97 Å². The van der Waals surface area contributed by atoms with Crippen LogP contribution in [-0.2, 0) is 19.3 Å². The van der Waals surface area contributed by atoms with Gasteiger partial charge in [0.15, 0.2) is 5.69 Å². The van der Waals surface area contributed by atoms with Gasteiger partial charge < -0.3 is 10.4 Å². The number of carboxylic acid groups (broad SMARTS) is 1. The summed E-state index contributed by atoms with van der Waals surface area (Å²) >= 11 is 1.79. The van der Waals surface area contributed by atoms with Crippen molar-refractivity contribution in [3.8, 4) is 0 Å². The molecular formula is C16H18N4O3S. The predicted octanol–water partition coefficient (Wildman–Crippen LogP) is 1.87. The summed E-state index contributed by atoms with van der Waals surface area (Å²) in [6.45, 7) is 0.519. The molecule has 2 N–H and O–H groups in total. The zero-order valence-electron chi connectivity index (χ0n) is 13.1. The number of carbonyl (C=O) groups is 2. The minimum absolute atomic E-state index is 0.115. The van der Waals surface area contributed by atoms with E-state index in [0.29, 0.717) is 6.54 Å². The first-order chi connectivity index (χ1) is 11.6. The van der Waals surface area contributed by atoms with E-state index in [-0.39, 0.29) is 17.3 Å². The number of aryl methyl sites for hydroxylation is 3. The van der Waals surface area contributed by atoms with Crippen LogP contribution in [0.15, 0.2) is 12.4 Å². The average molecular weight is 346 g/mol. The maximum absolute atomic E-state index is 11.9. The average Bonchev–Trinajstić information content (AvgIpc) is 3.01. The molecule has 0 aromatic carbocycles. The molecule has 24 heavy (non-hydrogen) atoms. The van der Waals surface area contributed by atoms with Crippen molar-refractivity contribution in [1.82, 2.24) is 20.3 Å². The molecule has 1 aliphatic rings. The molecule has 1 amide bonds. The van der Waals surface area contributed by atoms with Gasteiger partial charge in [0, 0.05) is 17.8 Å². The number of hydrogen-bond donors (Lipinski definition) is 2. The Morgan fingerprint density at radius 3 is 2.62 bits per heavy atom. The quantitative estimate of drug-likeness (QED) is 0.774. The molecule has 0 atom stereocenters. The lowest BCUT2D eigenvalue weighted by atomic mass is 10.0. The van der Waals surface area contributed by atoms with Crippen LogP contribution in [-0.4, -0.2) is 38.5 Å². The van der Waals surface area contributed by atoms with E-state index in [2.05, 4.69) is 20.3 Å². The number of hydrogen-bond acceptors (Lipinski definition) is 6. The van der Waals surface area contributed by atoms with Gasteiger partial charge in [0.2, 0.25) is 0 Å². The van der Waals surface area contributed by atoms with Crippen molar-refractivity contribution in [3.63, 3.8) is 0 Å². The van der Waals surface area contributed by atoms with Crippen LogP contribution in [0.2, 0.25) is 0 Å². The number of aromatic carboxylic acids is 1. The molecule has 0 unspecified atom stereocenters. The van der Waals surface area contributed by atoms with Crippen molar-refractivity contribution in [2.24, 2.45) is 0 Å². The summed E-state index contributed by atoms with van der Waals surface area (Å²) in [6.07, 6.45) is 8.63. The molecule has 0 fully saturated rings. The molecule has 7 nitrogen and oxygen atoms in total. The van der Waals surface area contributed by atoms with E-state index in [1.54, 1.807) is 11.3 Å². The van der Waals surface area contributed by atoms with Gasteiger partial charge in [0.25, 0.3) is 5.91 Å². The smallest absolute Gasteiger partial charge is 0.356 e. The molecular weight excluding hydrogens is 328 g/mol. The first kappa shape index (κ1) is 16.5. The maximum atomic E-state index is 11.9. The molecule has 0 saturated heterocycles. The Morgan fingerprint density at radius 2 is 1.92 bits per heavy atom. The summed E-state index contributed by atoms with van der Waals surface area (Å²) in [5.41, 5.74) is 1.20. The summed E-state index contributed by atoms with van der Waals surface area (Å²) in [6, 6.07) is 0. The second kappa shape index (κ2) is 7.48. The third kappa shape index (κ3) is 3.94. The standard InChI is InChI=1S/C16H18N4O3S/c21-15(11-8-19-12(9-18-11)16(22)23)17-7-3-6-14-20-10-4-1-2-5-13(10)24-14/h8-9H,1-7H2,(H,17,21)(H,22,23). The van der Waals surface area contributed by atoms with Gasteiger partial charge in [0.1, 0.15) is 5.69 Å². The number of nitrogens with one attached hydrogen (secondary N) is 1. The second-order valence-corrected chi connectivity index (χ2v) is 6.80. The molecule has 2 aromatic heterocycles. The van der Waals surface area contributed by atoms with Gasteiger partial charge in [-0.3, -0.25) is 4.79 Å². The monoisotopic (exact) mass is 346 g/mol. The lowest BCUT2D eigenvalue weighted by Gasteiger charge is -2.06. The highest BCUT2D eigenvalue weighted by molar-refractivity contribution is 7.11. The fourth-order valence-corrected chi connectivity index (χ4v) is 3.80. The van der Waals surface area contributed by atoms with Crippen LogP contribution in [0.3, 0.4) is 0 Å². The Labute approximate surface area is 143 Å². The fraction of sp³-hybridized carbons (Fsp3) is 0.438. The Hall–Kier alpha value is -2.35. The van der Waals surface area contributed by atoms with Gasteiger partial charge in [0.05, 0.1) is 23.1 Å². The van der Waals surface area contributed by atoms with Crippen molar-refractivity contribution in [2.45, 2.75) is 38.5 Å². The van der Waals surface area contributed by atoms with E-state index in [9.17, 15) is 9.59 Å². The number of thiazole rings is 1.